The summed E-state index contributed by atoms with van der Waals surface area (Å²) in [5, 5.41) is 0. The predicted octanol–water partition coefficient (Wildman–Crippen LogP) is 1.55. The van der Waals surface area contributed by atoms with Crippen LogP contribution in [0.4, 0.5) is 6.01 Å². The molecule has 0 bridgehead atoms. The number of nitrogen functional groups attached to an aromatic ring is 1. The molecule has 2 aromatic heterocycles. The largest absolute Gasteiger partial charge is 0.388 e. The van der Waals surface area contributed by atoms with Gasteiger partial charge < -0.3 is 14.9 Å². The summed E-state index contributed by atoms with van der Waals surface area (Å²) in [6.07, 6.45) is 2.53. The first-order valence-corrected chi connectivity index (χ1v) is 6.81. The van der Waals surface area contributed by atoms with Gasteiger partial charge in [0.05, 0.1) is 12.4 Å². The summed E-state index contributed by atoms with van der Waals surface area (Å²) in [5.41, 5.74) is 5.53. The van der Waals surface area contributed by atoms with Crippen LogP contribution in [0.15, 0.2) is 15.5 Å². The quantitative estimate of drug-likeness (QED) is 0.895. The van der Waals surface area contributed by atoms with E-state index in [9.17, 15) is 4.79 Å². The summed E-state index contributed by atoms with van der Waals surface area (Å²) in [6, 6.07) is -0.157. The van der Waals surface area contributed by atoms with Crippen molar-refractivity contribution in [2.45, 2.75) is 39.5 Å². The second kappa shape index (κ2) is 4.59. The molecule has 4 atom stereocenters. The number of fused-ring (bicyclic) bond motifs is 1. The van der Waals surface area contributed by atoms with Crippen LogP contribution in [-0.4, -0.2) is 20.6 Å². The maximum absolute atomic E-state index is 11.7. The van der Waals surface area contributed by atoms with Crippen LogP contribution in [0, 0.1) is 11.8 Å². The number of ether oxygens (including phenoxy) is 1. The van der Waals surface area contributed by atoms with Crippen molar-refractivity contribution in [2.75, 3.05) is 5.73 Å². The summed E-state index contributed by atoms with van der Waals surface area (Å²) in [7, 11) is 0. The van der Waals surface area contributed by atoms with Crippen molar-refractivity contribution in [3.63, 3.8) is 0 Å². The zero-order chi connectivity index (χ0) is 14.4. The van der Waals surface area contributed by atoms with Gasteiger partial charge in [-0.25, -0.2) is 9.78 Å². The van der Waals surface area contributed by atoms with Gasteiger partial charge in [-0.3, -0.25) is 4.57 Å². The third-order valence-electron chi connectivity index (χ3n) is 4.23. The second-order valence-corrected chi connectivity index (χ2v) is 5.36. The topological polar surface area (TPSA) is 96.2 Å². The maximum Gasteiger partial charge on any atom is 0.368 e. The Morgan fingerprint density at radius 3 is 2.80 bits per heavy atom. The van der Waals surface area contributed by atoms with Crippen molar-refractivity contribution in [3.05, 3.63) is 16.7 Å². The molecule has 1 aliphatic heterocycles. The molecular formula is C13H18N4O3. The highest BCUT2D eigenvalue weighted by molar-refractivity contribution is 5.69. The van der Waals surface area contributed by atoms with E-state index in [4.69, 9.17) is 14.9 Å². The van der Waals surface area contributed by atoms with Gasteiger partial charge in [-0.2, -0.15) is 4.98 Å². The number of aromatic nitrogens is 3. The standard InChI is InChI=1S/C13H18N4O3/c1-4-8-6(2)7(3)11(19-8)17-5-15-9-10(17)16-13(14)20-12(9)18/h5-8,11H,4H2,1-3H3,(H2,14,16)/t6-,7?,8-,11-/m1/s1. The molecule has 2 N–H and O–H groups in total. The molecule has 0 amide bonds. The molecule has 1 aliphatic rings. The predicted molar refractivity (Wildman–Crippen MR) is 73.0 cm³/mol. The lowest BCUT2D eigenvalue weighted by molar-refractivity contribution is -0.0120. The molecule has 7 nitrogen and oxygen atoms in total. The zero-order valence-electron chi connectivity index (χ0n) is 11.7. The summed E-state index contributed by atoms with van der Waals surface area (Å²) in [6.45, 7) is 6.41. The van der Waals surface area contributed by atoms with Gasteiger partial charge in [-0.15, -0.1) is 0 Å². The lowest BCUT2D eigenvalue weighted by atomic mass is 9.91. The monoisotopic (exact) mass is 278 g/mol. The fraction of sp³-hybridized carbons (Fsp3) is 0.615. The first-order valence-electron chi connectivity index (χ1n) is 6.81. The third kappa shape index (κ3) is 1.81. The molecule has 0 aliphatic carbocycles. The van der Waals surface area contributed by atoms with E-state index in [1.54, 1.807) is 10.9 Å². The van der Waals surface area contributed by atoms with Gasteiger partial charge in [0, 0.05) is 5.92 Å². The Bertz CT molecular complexity index is 692. The van der Waals surface area contributed by atoms with Crippen molar-refractivity contribution < 1.29 is 9.15 Å². The first-order chi connectivity index (χ1) is 9.52. The number of nitrogens with two attached hydrogens (primary N) is 1. The van der Waals surface area contributed by atoms with Gasteiger partial charge in [0.15, 0.2) is 11.2 Å². The molecule has 0 aromatic carbocycles. The minimum Gasteiger partial charge on any atom is -0.388 e. The van der Waals surface area contributed by atoms with Gasteiger partial charge in [0.25, 0.3) is 6.01 Å². The van der Waals surface area contributed by atoms with Crippen LogP contribution in [0.3, 0.4) is 0 Å². The van der Waals surface area contributed by atoms with Gasteiger partial charge >= 0.3 is 5.63 Å². The van der Waals surface area contributed by atoms with Crippen LogP contribution in [-0.2, 0) is 4.74 Å². The Balaban J connectivity index is 2.09. The van der Waals surface area contributed by atoms with E-state index in [0.29, 0.717) is 17.5 Å². The van der Waals surface area contributed by atoms with E-state index < -0.39 is 5.63 Å². The highest BCUT2D eigenvalue weighted by Gasteiger charge is 2.39. The van der Waals surface area contributed by atoms with Crippen molar-refractivity contribution in [1.82, 2.24) is 14.5 Å². The van der Waals surface area contributed by atoms with Crippen LogP contribution in [0.1, 0.15) is 33.4 Å². The van der Waals surface area contributed by atoms with E-state index in [2.05, 4.69) is 30.7 Å². The number of hydrogen-bond donors (Lipinski definition) is 1. The van der Waals surface area contributed by atoms with Crippen LogP contribution < -0.4 is 11.4 Å². The molecule has 1 fully saturated rings. The number of nitrogens with zero attached hydrogens (tertiary/aromatic N) is 3. The van der Waals surface area contributed by atoms with Crippen LogP contribution in [0.25, 0.3) is 11.2 Å². The summed E-state index contributed by atoms with van der Waals surface area (Å²) < 4.78 is 12.6. The summed E-state index contributed by atoms with van der Waals surface area (Å²) >= 11 is 0. The van der Waals surface area contributed by atoms with Crippen molar-refractivity contribution in [3.8, 4) is 0 Å². The van der Waals surface area contributed by atoms with Crippen molar-refractivity contribution >= 4 is 17.2 Å². The molecule has 3 heterocycles. The fourth-order valence-electron chi connectivity index (χ4n) is 2.88. The number of hydrogen-bond acceptors (Lipinski definition) is 6. The van der Waals surface area contributed by atoms with Gasteiger partial charge in [0.1, 0.15) is 6.23 Å². The fourth-order valence-corrected chi connectivity index (χ4v) is 2.88. The minimum absolute atomic E-state index is 0.157. The summed E-state index contributed by atoms with van der Waals surface area (Å²) in [5.74, 6) is 0.729. The molecule has 3 rings (SSSR count). The van der Waals surface area contributed by atoms with Crippen LogP contribution in [0.5, 0.6) is 0 Å². The molecule has 0 radical (unpaired) electrons. The van der Waals surface area contributed by atoms with Gasteiger partial charge in [-0.05, 0) is 12.3 Å². The Morgan fingerprint density at radius 1 is 1.40 bits per heavy atom. The molecular weight excluding hydrogens is 260 g/mol. The van der Waals surface area contributed by atoms with Gasteiger partial charge in [0.2, 0.25) is 0 Å². The minimum atomic E-state index is -0.572. The molecule has 7 heteroatoms. The van der Waals surface area contributed by atoms with Crippen molar-refractivity contribution in [2.24, 2.45) is 11.8 Å². The number of anilines is 1. The Kier molecular flexibility index (Phi) is 3.01. The van der Waals surface area contributed by atoms with Crippen molar-refractivity contribution in [1.29, 1.82) is 0 Å². The van der Waals surface area contributed by atoms with E-state index in [1.165, 1.54) is 0 Å². The average Bonchev–Trinajstić information content (AvgIpc) is 2.93. The first kappa shape index (κ1) is 13.1. The molecule has 2 aromatic rings. The molecule has 0 saturated carbocycles. The molecule has 0 spiro atoms. The molecule has 1 saturated heterocycles. The Morgan fingerprint density at radius 2 is 2.15 bits per heavy atom. The lowest BCUT2D eigenvalue weighted by Crippen LogP contribution is -2.16. The average molecular weight is 278 g/mol. The Hall–Kier alpha value is -1.89. The SMILES string of the molecule is CC[C@H]1O[C@@H](n2cnc3c(=O)oc(N)nc32)C(C)[C@H]1C. The van der Waals surface area contributed by atoms with Gasteiger partial charge in [-0.1, -0.05) is 20.8 Å². The molecule has 108 valence electrons. The number of imidazole rings is 1. The highest BCUT2D eigenvalue weighted by Crippen LogP contribution is 2.40. The number of rotatable bonds is 2. The molecule has 1 unspecified atom stereocenters. The van der Waals surface area contributed by atoms with E-state index in [0.717, 1.165) is 6.42 Å². The summed E-state index contributed by atoms with van der Waals surface area (Å²) in [4.78, 5) is 19.8. The zero-order valence-corrected chi connectivity index (χ0v) is 11.7. The second-order valence-electron chi connectivity index (χ2n) is 5.36. The van der Waals surface area contributed by atoms with E-state index in [1.807, 2.05) is 0 Å². The highest BCUT2D eigenvalue weighted by atomic mass is 16.5. The Labute approximate surface area is 115 Å². The molecule has 20 heavy (non-hydrogen) atoms. The normalized spacial score (nSPS) is 30.1. The third-order valence-corrected chi connectivity index (χ3v) is 4.23. The smallest absolute Gasteiger partial charge is 0.368 e. The van der Waals surface area contributed by atoms with Crippen LogP contribution in [0.2, 0.25) is 0 Å². The van der Waals surface area contributed by atoms with Crippen LogP contribution >= 0.6 is 0 Å². The van der Waals surface area contributed by atoms with E-state index in [-0.39, 0.29) is 23.9 Å². The maximum atomic E-state index is 11.7. The van der Waals surface area contributed by atoms with E-state index >= 15 is 0 Å². The lowest BCUT2D eigenvalue weighted by Gasteiger charge is -2.17.